The lowest BCUT2D eigenvalue weighted by molar-refractivity contribution is 0.788. The van der Waals surface area contributed by atoms with Crippen molar-refractivity contribution >= 4 is 23.2 Å². The standard InChI is InChI=1S/C14H15ClN4/c15-12-13(16)17-9-18-14(12)19-7-5-10-3-1-2-4-11(10)6-8-19/h1-4,9H,5-8H2,(H2,16,17,18). The number of hydrogen-bond acceptors (Lipinski definition) is 4. The van der Waals surface area contributed by atoms with Crippen LogP contribution >= 0.6 is 11.6 Å². The van der Waals surface area contributed by atoms with Gasteiger partial charge in [0.15, 0.2) is 5.82 Å². The van der Waals surface area contributed by atoms with Crippen molar-refractivity contribution < 1.29 is 0 Å². The molecule has 4 nitrogen and oxygen atoms in total. The second-order valence-corrected chi connectivity index (χ2v) is 5.03. The summed E-state index contributed by atoms with van der Waals surface area (Å²) in [5.41, 5.74) is 8.55. The van der Waals surface area contributed by atoms with Crippen LogP contribution in [0.1, 0.15) is 11.1 Å². The van der Waals surface area contributed by atoms with E-state index in [0.717, 1.165) is 31.7 Å². The first-order valence-corrected chi connectivity index (χ1v) is 6.71. The molecule has 2 heterocycles. The molecular formula is C14H15ClN4. The van der Waals surface area contributed by atoms with E-state index < -0.39 is 0 Å². The van der Waals surface area contributed by atoms with Gasteiger partial charge < -0.3 is 10.6 Å². The number of anilines is 2. The molecule has 0 amide bonds. The number of nitrogen functional groups attached to an aromatic ring is 1. The van der Waals surface area contributed by atoms with Crippen LogP contribution in [0.15, 0.2) is 30.6 Å². The second-order valence-electron chi connectivity index (χ2n) is 4.65. The molecule has 1 aromatic carbocycles. The summed E-state index contributed by atoms with van der Waals surface area (Å²) in [6, 6.07) is 8.55. The van der Waals surface area contributed by atoms with Crippen molar-refractivity contribution in [3.63, 3.8) is 0 Å². The number of aromatic nitrogens is 2. The number of rotatable bonds is 1. The minimum atomic E-state index is 0.341. The van der Waals surface area contributed by atoms with E-state index in [0.29, 0.717) is 10.8 Å². The molecule has 0 spiro atoms. The fraction of sp³-hybridized carbons (Fsp3) is 0.286. The lowest BCUT2D eigenvalue weighted by Crippen LogP contribution is -2.27. The molecule has 19 heavy (non-hydrogen) atoms. The molecule has 0 aliphatic carbocycles. The number of nitrogens with zero attached hydrogens (tertiary/aromatic N) is 3. The first-order valence-electron chi connectivity index (χ1n) is 6.33. The summed E-state index contributed by atoms with van der Waals surface area (Å²) >= 11 is 6.20. The van der Waals surface area contributed by atoms with Crippen LogP contribution in [-0.4, -0.2) is 23.1 Å². The van der Waals surface area contributed by atoms with Crippen molar-refractivity contribution in [3.8, 4) is 0 Å². The molecule has 0 saturated heterocycles. The zero-order valence-electron chi connectivity index (χ0n) is 10.5. The SMILES string of the molecule is Nc1ncnc(N2CCc3ccccc3CC2)c1Cl. The molecule has 5 heteroatoms. The number of benzene rings is 1. The van der Waals surface area contributed by atoms with E-state index in [-0.39, 0.29) is 0 Å². The Kier molecular flexibility index (Phi) is 3.25. The summed E-state index contributed by atoms with van der Waals surface area (Å²) < 4.78 is 0. The predicted octanol–water partition coefficient (Wildman–Crippen LogP) is 2.32. The van der Waals surface area contributed by atoms with Crippen molar-refractivity contribution in [2.75, 3.05) is 23.7 Å². The average molecular weight is 275 g/mol. The Hall–Kier alpha value is -1.81. The summed E-state index contributed by atoms with van der Waals surface area (Å²) in [5, 5.41) is 0.452. The second kappa shape index (κ2) is 5.05. The van der Waals surface area contributed by atoms with Gasteiger partial charge in [-0.2, -0.15) is 0 Å². The van der Waals surface area contributed by atoms with Crippen LogP contribution < -0.4 is 10.6 Å². The summed E-state index contributed by atoms with van der Waals surface area (Å²) in [5.74, 6) is 1.08. The Morgan fingerprint density at radius 3 is 2.32 bits per heavy atom. The van der Waals surface area contributed by atoms with Gasteiger partial charge in [0.25, 0.3) is 0 Å². The predicted molar refractivity (Wildman–Crippen MR) is 77.5 cm³/mol. The Bertz CT molecular complexity index is 573. The molecule has 0 fully saturated rings. The highest BCUT2D eigenvalue weighted by Crippen LogP contribution is 2.28. The maximum Gasteiger partial charge on any atom is 0.153 e. The highest BCUT2D eigenvalue weighted by molar-refractivity contribution is 6.35. The van der Waals surface area contributed by atoms with Gasteiger partial charge in [-0.1, -0.05) is 35.9 Å². The summed E-state index contributed by atoms with van der Waals surface area (Å²) in [6.45, 7) is 1.79. The molecule has 0 radical (unpaired) electrons. The summed E-state index contributed by atoms with van der Waals surface area (Å²) in [6.07, 6.45) is 3.46. The zero-order valence-corrected chi connectivity index (χ0v) is 11.3. The molecular weight excluding hydrogens is 260 g/mol. The number of nitrogens with two attached hydrogens (primary N) is 1. The van der Waals surface area contributed by atoms with Crippen LogP contribution in [0, 0.1) is 0 Å². The molecule has 2 N–H and O–H groups in total. The van der Waals surface area contributed by atoms with Gasteiger partial charge in [-0.05, 0) is 24.0 Å². The maximum atomic E-state index is 6.20. The quantitative estimate of drug-likeness (QED) is 0.867. The van der Waals surface area contributed by atoms with E-state index in [4.69, 9.17) is 17.3 Å². The first kappa shape index (κ1) is 12.2. The van der Waals surface area contributed by atoms with Gasteiger partial charge in [0.1, 0.15) is 17.2 Å². The van der Waals surface area contributed by atoms with Crippen molar-refractivity contribution in [3.05, 3.63) is 46.7 Å². The Balaban J connectivity index is 1.88. The fourth-order valence-corrected chi connectivity index (χ4v) is 2.69. The van der Waals surface area contributed by atoms with Gasteiger partial charge in [-0.15, -0.1) is 0 Å². The molecule has 0 atom stereocenters. The molecule has 1 aromatic heterocycles. The van der Waals surface area contributed by atoms with Gasteiger partial charge >= 0.3 is 0 Å². The minimum absolute atomic E-state index is 0.341. The van der Waals surface area contributed by atoms with Crippen LogP contribution in [0.4, 0.5) is 11.6 Å². The van der Waals surface area contributed by atoms with Crippen LogP contribution in [-0.2, 0) is 12.8 Å². The van der Waals surface area contributed by atoms with Crippen molar-refractivity contribution in [2.24, 2.45) is 0 Å². The number of halogens is 1. The van der Waals surface area contributed by atoms with Crippen molar-refractivity contribution in [1.82, 2.24) is 9.97 Å². The fourth-order valence-electron chi connectivity index (χ4n) is 2.47. The zero-order chi connectivity index (χ0) is 13.2. The minimum Gasteiger partial charge on any atom is -0.382 e. The van der Waals surface area contributed by atoms with E-state index in [1.54, 1.807) is 0 Å². The third-order valence-electron chi connectivity index (χ3n) is 3.52. The highest BCUT2D eigenvalue weighted by Gasteiger charge is 2.18. The molecule has 98 valence electrons. The van der Waals surface area contributed by atoms with Gasteiger partial charge in [0.05, 0.1) is 0 Å². The van der Waals surface area contributed by atoms with Gasteiger partial charge in [0.2, 0.25) is 0 Å². The largest absolute Gasteiger partial charge is 0.382 e. The lowest BCUT2D eigenvalue weighted by atomic mass is 10.0. The molecule has 0 unspecified atom stereocenters. The Morgan fingerprint density at radius 1 is 1.05 bits per heavy atom. The van der Waals surface area contributed by atoms with Crippen molar-refractivity contribution in [2.45, 2.75) is 12.8 Å². The van der Waals surface area contributed by atoms with Gasteiger partial charge in [-0.3, -0.25) is 0 Å². The smallest absolute Gasteiger partial charge is 0.153 e. The van der Waals surface area contributed by atoms with Crippen LogP contribution in [0.25, 0.3) is 0 Å². The van der Waals surface area contributed by atoms with Crippen LogP contribution in [0.5, 0.6) is 0 Å². The molecule has 1 aliphatic heterocycles. The normalized spacial score (nSPS) is 14.9. The van der Waals surface area contributed by atoms with Crippen LogP contribution in [0.2, 0.25) is 5.02 Å². The Morgan fingerprint density at radius 2 is 1.68 bits per heavy atom. The van der Waals surface area contributed by atoms with Gasteiger partial charge in [-0.25, -0.2) is 9.97 Å². The monoisotopic (exact) mass is 274 g/mol. The van der Waals surface area contributed by atoms with E-state index in [2.05, 4.69) is 39.1 Å². The van der Waals surface area contributed by atoms with Crippen LogP contribution in [0.3, 0.4) is 0 Å². The topological polar surface area (TPSA) is 55.0 Å². The van der Waals surface area contributed by atoms with Crippen molar-refractivity contribution in [1.29, 1.82) is 0 Å². The molecule has 0 saturated carbocycles. The lowest BCUT2D eigenvalue weighted by Gasteiger charge is -2.22. The average Bonchev–Trinajstić information content (AvgIpc) is 2.65. The first-order chi connectivity index (χ1) is 9.25. The highest BCUT2D eigenvalue weighted by atomic mass is 35.5. The third-order valence-corrected chi connectivity index (χ3v) is 3.88. The number of hydrogen-bond donors (Lipinski definition) is 1. The Labute approximate surface area is 117 Å². The van der Waals surface area contributed by atoms with Gasteiger partial charge in [0, 0.05) is 13.1 Å². The molecule has 0 bridgehead atoms. The maximum absolute atomic E-state index is 6.20. The molecule has 3 rings (SSSR count). The summed E-state index contributed by atoms with van der Waals surface area (Å²) in [7, 11) is 0. The van der Waals surface area contributed by atoms with E-state index in [1.165, 1.54) is 17.5 Å². The van der Waals surface area contributed by atoms with E-state index >= 15 is 0 Å². The molecule has 2 aromatic rings. The van der Waals surface area contributed by atoms with E-state index in [9.17, 15) is 0 Å². The number of fused-ring (bicyclic) bond motifs is 1. The van der Waals surface area contributed by atoms with E-state index in [1.807, 2.05) is 0 Å². The third kappa shape index (κ3) is 2.36. The summed E-state index contributed by atoms with van der Waals surface area (Å²) in [4.78, 5) is 10.4. The molecule has 1 aliphatic rings.